The van der Waals surface area contributed by atoms with Crippen molar-refractivity contribution in [2.45, 2.75) is 26.4 Å². The van der Waals surface area contributed by atoms with Crippen LogP contribution in [0.5, 0.6) is 0 Å². The largest absolute Gasteiger partial charge is 0.416 e. The summed E-state index contributed by atoms with van der Waals surface area (Å²) in [6.07, 6.45) is -4.45. The Labute approximate surface area is 103 Å². The minimum Gasteiger partial charge on any atom is -0.309 e. The van der Waals surface area contributed by atoms with Gasteiger partial charge in [-0.25, -0.2) is 0 Å². The topological polar surface area (TPSA) is 40.9 Å². The predicted molar refractivity (Wildman–Crippen MR) is 63.0 cm³/mol. The molecule has 1 N–H and O–H groups in total. The standard InChI is InChI=1S/C13H14F3NO/c1-8(2)11(17)7-12(18)9-3-5-10(6-4-9)13(14,15)16/h3-6,8,17H,7H2,1-2H3. The first-order valence-corrected chi connectivity index (χ1v) is 5.49. The molecule has 0 bridgehead atoms. The van der Waals surface area contributed by atoms with Crippen molar-refractivity contribution in [3.63, 3.8) is 0 Å². The van der Waals surface area contributed by atoms with Gasteiger partial charge in [0.2, 0.25) is 0 Å². The third-order valence-corrected chi connectivity index (χ3v) is 2.58. The molecule has 1 aromatic rings. The first kappa shape index (κ1) is 14.4. The van der Waals surface area contributed by atoms with Gasteiger partial charge in [-0.05, 0) is 18.1 Å². The minimum absolute atomic E-state index is 0.0385. The summed E-state index contributed by atoms with van der Waals surface area (Å²) in [6, 6.07) is 4.07. The van der Waals surface area contributed by atoms with Gasteiger partial charge in [0.1, 0.15) is 0 Å². The second-order valence-corrected chi connectivity index (χ2v) is 4.36. The molecule has 0 saturated carbocycles. The molecule has 0 aliphatic rings. The zero-order valence-corrected chi connectivity index (χ0v) is 10.1. The van der Waals surface area contributed by atoms with Gasteiger partial charge in [-0.1, -0.05) is 26.0 Å². The molecule has 0 fully saturated rings. The number of halogens is 3. The molecule has 0 aliphatic carbocycles. The molecule has 5 heteroatoms. The van der Waals surface area contributed by atoms with Gasteiger partial charge in [-0.15, -0.1) is 0 Å². The van der Waals surface area contributed by atoms with E-state index >= 15 is 0 Å². The molecule has 0 saturated heterocycles. The SMILES string of the molecule is CC(C)C(=N)CC(=O)c1ccc(C(F)(F)F)cc1. The summed E-state index contributed by atoms with van der Waals surface area (Å²) in [5.74, 6) is -0.370. The Morgan fingerprint density at radius 3 is 2.11 bits per heavy atom. The van der Waals surface area contributed by atoms with E-state index in [4.69, 9.17) is 5.41 Å². The highest BCUT2D eigenvalue weighted by Gasteiger charge is 2.30. The van der Waals surface area contributed by atoms with Crippen molar-refractivity contribution in [3.05, 3.63) is 35.4 Å². The summed E-state index contributed by atoms with van der Waals surface area (Å²) in [5, 5.41) is 7.56. The summed E-state index contributed by atoms with van der Waals surface area (Å²) < 4.78 is 37.0. The van der Waals surface area contributed by atoms with E-state index in [9.17, 15) is 18.0 Å². The monoisotopic (exact) mass is 257 g/mol. The second-order valence-electron chi connectivity index (χ2n) is 4.36. The highest BCUT2D eigenvalue weighted by Crippen LogP contribution is 2.29. The first-order chi connectivity index (χ1) is 8.21. The number of hydrogen-bond acceptors (Lipinski definition) is 2. The quantitative estimate of drug-likeness (QED) is 0.643. The summed E-state index contributed by atoms with van der Waals surface area (Å²) >= 11 is 0. The number of ketones is 1. The van der Waals surface area contributed by atoms with Crippen molar-refractivity contribution in [1.29, 1.82) is 5.41 Å². The summed E-state index contributed by atoms with van der Waals surface area (Å²) in [4.78, 5) is 11.7. The van der Waals surface area contributed by atoms with E-state index in [0.717, 1.165) is 24.3 Å². The maximum absolute atomic E-state index is 12.3. The lowest BCUT2D eigenvalue weighted by molar-refractivity contribution is -0.137. The summed E-state index contributed by atoms with van der Waals surface area (Å²) in [5.41, 5.74) is -0.300. The molecule has 2 nitrogen and oxygen atoms in total. The van der Waals surface area contributed by atoms with Crippen LogP contribution >= 0.6 is 0 Å². The number of hydrogen-bond donors (Lipinski definition) is 1. The smallest absolute Gasteiger partial charge is 0.309 e. The van der Waals surface area contributed by atoms with Crippen LogP contribution in [0.1, 0.15) is 36.2 Å². The zero-order valence-electron chi connectivity index (χ0n) is 10.1. The van der Waals surface area contributed by atoms with E-state index in [1.807, 2.05) is 0 Å². The summed E-state index contributed by atoms with van der Waals surface area (Å²) in [6.45, 7) is 3.59. The summed E-state index contributed by atoms with van der Waals surface area (Å²) in [7, 11) is 0. The molecule has 0 heterocycles. The van der Waals surface area contributed by atoms with E-state index in [1.54, 1.807) is 13.8 Å². The lowest BCUT2D eigenvalue weighted by atomic mass is 9.98. The number of benzene rings is 1. The van der Waals surface area contributed by atoms with Crippen molar-refractivity contribution in [3.8, 4) is 0 Å². The maximum Gasteiger partial charge on any atom is 0.416 e. The Morgan fingerprint density at radius 2 is 1.72 bits per heavy atom. The van der Waals surface area contributed by atoms with Crippen LogP contribution in [-0.4, -0.2) is 11.5 Å². The molecule has 0 amide bonds. The van der Waals surface area contributed by atoms with Gasteiger partial charge in [0.15, 0.2) is 5.78 Å². The van der Waals surface area contributed by atoms with Gasteiger partial charge in [-0.2, -0.15) is 13.2 Å². The Morgan fingerprint density at radius 1 is 1.22 bits per heavy atom. The Hall–Kier alpha value is -1.65. The van der Waals surface area contributed by atoms with Gasteiger partial charge < -0.3 is 5.41 Å². The first-order valence-electron chi connectivity index (χ1n) is 5.49. The van der Waals surface area contributed by atoms with Crippen LogP contribution in [0.4, 0.5) is 13.2 Å². The highest BCUT2D eigenvalue weighted by molar-refractivity contribution is 6.09. The predicted octanol–water partition coefficient (Wildman–Crippen LogP) is 3.95. The van der Waals surface area contributed by atoms with Crippen LogP contribution in [0.25, 0.3) is 0 Å². The number of nitrogens with one attached hydrogen (secondary N) is 1. The average Bonchev–Trinajstić information content (AvgIpc) is 2.27. The molecule has 0 aliphatic heterocycles. The fraction of sp³-hybridized carbons (Fsp3) is 0.385. The van der Waals surface area contributed by atoms with Crippen LogP contribution in [0, 0.1) is 11.3 Å². The normalized spacial score (nSPS) is 11.7. The van der Waals surface area contributed by atoms with E-state index in [-0.39, 0.29) is 29.4 Å². The minimum atomic E-state index is -4.40. The van der Waals surface area contributed by atoms with E-state index in [1.165, 1.54) is 0 Å². The Kier molecular flexibility index (Phi) is 4.27. The van der Waals surface area contributed by atoms with E-state index in [0.29, 0.717) is 0 Å². The Bertz CT molecular complexity index is 446. The molecule has 1 aromatic carbocycles. The third kappa shape index (κ3) is 3.68. The molecule has 98 valence electrons. The molecular weight excluding hydrogens is 243 g/mol. The Balaban J connectivity index is 2.80. The molecule has 0 atom stereocenters. The van der Waals surface area contributed by atoms with Gasteiger partial charge in [-0.3, -0.25) is 4.79 Å². The average molecular weight is 257 g/mol. The van der Waals surface area contributed by atoms with Crippen LogP contribution in [-0.2, 0) is 6.18 Å². The fourth-order valence-corrected chi connectivity index (χ4v) is 1.32. The number of alkyl halides is 3. The lowest BCUT2D eigenvalue weighted by Crippen LogP contribution is -2.13. The zero-order chi connectivity index (χ0) is 13.9. The van der Waals surface area contributed by atoms with Gasteiger partial charge in [0.05, 0.1) is 5.56 Å². The second kappa shape index (κ2) is 5.33. The lowest BCUT2D eigenvalue weighted by Gasteiger charge is -2.08. The van der Waals surface area contributed by atoms with E-state index in [2.05, 4.69) is 0 Å². The van der Waals surface area contributed by atoms with Crippen molar-refractivity contribution < 1.29 is 18.0 Å². The number of rotatable bonds is 4. The van der Waals surface area contributed by atoms with Crippen molar-refractivity contribution in [2.75, 3.05) is 0 Å². The third-order valence-electron chi connectivity index (χ3n) is 2.58. The highest BCUT2D eigenvalue weighted by atomic mass is 19.4. The van der Waals surface area contributed by atoms with Crippen LogP contribution in [0.15, 0.2) is 24.3 Å². The molecule has 0 radical (unpaired) electrons. The van der Waals surface area contributed by atoms with Crippen molar-refractivity contribution in [1.82, 2.24) is 0 Å². The molecule has 1 rings (SSSR count). The fourth-order valence-electron chi connectivity index (χ4n) is 1.32. The molecule has 0 aromatic heterocycles. The van der Waals surface area contributed by atoms with Gasteiger partial charge in [0.25, 0.3) is 0 Å². The molecular formula is C13H14F3NO. The number of carbonyl (C=O) groups is 1. The van der Waals surface area contributed by atoms with Gasteiger partial charge in [0, 0.05) is 17.7 Å². The van der Waals surface area contributed by atoms with Crippen LogP contribution in [0.3, 0.4) is 0 Å². The molecule has 18 heavy (non-hydrogen) atoms. The van der Waals surface area contributed by atoms with Gasteiger partial charge >= 0.3 is 6.18 Å². The number of carbonyl (C=O) groups excluding carboxylic acids is 1. The maximum atomic E-state index is 12.3. The van der Waals surface area contributed by atoms with Crippen LogP contribution < -0.4 is 0 Å². The number of Topliss-reactive ketones (excluding diaryl/α,β-unsaturated/α-hetero) is 1. The molecule has 0 spiro atoms. The van der Waals surface area contributed by atoms with Crippen molar-refractivity contribution in [2.24, 2.45) is 5.92 Å². The van der Waals surface area contributed by atoms with Crippen molar-refractivity contribution >= 4 is 11.5 Å². The van der Waals surface area contributed by atoms with E-state index < -0.39 is 11.7 Å². The van der Waals surface area contributed by atoms with Crippen LogP contribution in [0.2, 0.25) is 0 Å². The molecule has 0 unspecified atom stereocenters.